The van der Waals surface area contributed by atoms with Gasteiger partial charge in [0, 0.05) is 5.39 Å². The summed E-state index contributed by atoms with van der Waals surface area (Å²) < 4.78 is 24.5. The zero-order chi connectivity index (χ0) is 14.3. The van der Waals surface area contributed by atoms with Gasteiger partial charge in [0.05, 0.1) is 28.0 Å². The van der Waals surface area contributed by atoms with Crippen LogP contribution in [-0.2, 0) is 10.0 Å². The Bertz CT molecular complexity index is 900. The van der Waals surface area contributed by atoms with E-state index in [-0.39, 0.29) is 4.90 Å². The molecule has 0 unspecified atom stereocenters. The van der Waals surface area contributed by atoms with Gasteiger partial charge in [-0.25, -0.2) is 18.2 Å². The molecule has 0 aliphatic heterocycles. The molecule has 0 radical (unpaired) electrons. The Kier molecular flexibility index (Phi) is 2.73. The van der Waals surface area contributed by atoms with Crippen LogP contribution in [0.1, 0.15) is 0 Å². The molecule has 3 rings (SSSR count). The molecule has 7 heteroatoms. The Morgan fingerprint density at radius 2 is 1.85 bits per heavy atom. The van der Waals surface area contributed by atoms with E-state index in [1.165, 1.54) is 18.2 Å². The van der Waals surface area contributed by atoms with E-state index in [1.54, 1.807) is 10.9 Å². The molecule has 0 fully saturated rings. The number of primary sulfonamides is 1. The van der Waals surface area contributed by atoms with Crippen LogP contribution in [0.3, 0.4) is 0 Å². The molecule has 4 N–H and O–H groups in total. The van der Waals surface area contributed by atoms with Crippen molar-refractivity contribution in [3.63, 3.8) is 0 Å². The molecule has 102 valence electrons. The molecule has 6 nitrogen and oxygen atoms in total. The molecular formula is C13H12N4O2S. The Labute approximate surface area is 115 Å². The number of hydrogen-bond donors (Lipinski definition) is 2. The largest absolute Gasteiger partial charge is 0.397 e. The molecule has 1 heterocycles. The summed E-state index contributed by atoms with van der Waals surface area (Å²) in [7, 11) is -3.78. The summed E-state index contributed by atoms with van der Waals surface area (Å²) in [5.74, 6) is 0. The van der Waals surface area contributed by atoms with E-state index in [2.05, 4.69) is 5.10 Å². The first kappa shape index (κ1) is 12.6. The first-order valence-electron chi connectivity index (χ1n) is 5.82. The van der Waals surface area contributed by atoms with Crippen molar-refractivity contribution in [2.75, 3.05) is 5.73 Å². The van der Waals surface area contributed by atoms with Gasteiger partial charge in [-0.05, 0) is 24.3 Å². The van der Waals surface area contributed by atoms with Gasteiger partial charge in [0.15, 0.2) is 0 Å². The summed E-state index contributed by atoms with van der Waals surface area (Å²) in [5, 5.41) is 10.3. The molecule has 0 spiro atoms. The number of nitrogens with zero attached hydrogens (tertiary/aromatic N) is 2. The summed E-state index contributed by atoms with van der Waals surface area (Å²) in [6.45, 7) is 0. The highest BCUT2D eigenvalue weighted by atomic mass is 32.2. The third kappa shape index (κ3) is 2.02. The van der Waals surface area contributed by atoms with Crippen molar-refractivity contribution in [2.45, 2.75) is 4.90 Å². The van der Waals surface area contributed by atoms with Gasteiger partial charge in [-0.2, -0.15) is 5.10 Å². The van der Waals surface area contributed by atoms with Crippen LogP contribution >= 0.6 is 0 Å². The summed E-state index contributed by atoms with van der Waals surface area (Å²) in [4.78, 5) is 0.00119. The lowest BCUT2D eigenvalue weighted by molar-refractivity contribution is 0.597. The third-order valence-corrected chi connectivity index (χ3v) is 3.95. The van der Waals surface area contributed by atoms with E-state index in [0.29, 0.717) is 11.4 Å². The van der Waals surface area contributed by atoms with Crippen molar-refractivity contribution in [3.05, 3.63) is 48.7 Å². The summed E-state index contributed by atoms with van der Waals surface area (Å²) in [5.41, 5.74) is 7.66. The summed E-state index contributed by atoms with van der Waals surface area (Å²) >= 11 is 0. The smallest absolute Gasteiger partial charge is 0.238 e. The molecule has 0 aliphatic carbocycles. The van der Waals surface area contributed by atoms with Gasteiger partial charge in [0.1, 0.15) is 0 Å². The minimum absolute atomic E-state index is 0.00119. The normalized spacial score (nSPS) is 11.8. The number of aromatic nitrogens is 2. The second-order valence-corrected chi connectivity index (χ2v) is 5.94. The molecular weight excluding hydrogens is 276 g/mol. The molecule has 20 heavy (non-hydrogen) atoms. The lowest BCUT2D eigenvalue weighted by atomic mass is 10.2. The number of hydrogen-bond acceptors (Lipinski definition) is 4. The van der Waals surface area contributed by atoms with Crippen molar-refractivity contribution in [2.24, 2.45) is 5.14 Å². The number of nitrogen functional groups attached to an aromatic ring is 1. The number of para-hydroxylation sites is 1. The van der Waals surface area contributed by atoms with Crippen molar-refractivity contribution in [1.29, 1.82) is 0 Å². The topological polar surface area (TPSA) is 104 Å². The zero-order valence-corrected chi connectivity index (χ0v) is 11.2. The molecule has 0 saturated carbocycles. The highest BCUT2D eigenvalue weighted by molar-refractivity contribution is 7.89. The molecule has 2 aromatic carbocycles. The quantitative estimate of drug-likeness (QED) is 0.692. The standard InChI is InChI=1S/C13H12N4O2S/c14-11-6-5-10(20(15,18)19)7-13(11)17-12-4-2-1-3-9(12)8-16-17/h1-8H,14H2,(H2,15,18,19). The van der Waals surface area contributed by atoms with E-state index in [1.807, 2.05) is 24.3 Å². The molecule has 3 aromatic rings. The van der Waals surface area contributed by atoms with Gasteiger partial charge >= 0.3 is 0 Å². The number of sulfonamides is 1. The van der Waals surface area contributed by atoms with Crippen LogP contribution < -0.4 is 10.9 Å². The van der Waals surface area contributed by atoms with E-state index < -0.39 is 10.0 Å². The van der Waals surface area contributed by atoms with E-state index >= 15 is 0 Å². The van der Waals surface area contributed by atoms with Crippen molar-refractivity contribution >= 4 is 26.6 Å². The first-order chi connectivity index (χ1) is 9.47. The maximum absolute atomic E-state index is 11.4. The molecule has 0 aliphatic rings. The van der Waals surface area contributed by atoms with Crippen molar-refractivity contribution < 1.29 is 8.42 Å². The minimum atomic E-state index is -3.78. The van der Waals surface area contributed by atoms with E-state index in [9.17, 15) is 8.42 Å². The number of fused-ring (bicyclic) bond motifs is 1. The Morgan fingerprint density at radius 3 is 2.60 bits per heavy atom. The first-order valence-corrected chi connectivity index (χ1v) is 7.37. The SMILES string of the molecule is Nc1ccc(S(N)(=O)=O)cc1-n1ncc2ccccc21. The molecule has 1 aromatic heterocycles. The number of benzene rings is 2. The number of nitrogens with two attached hydrogens (primary N) is 2. The van der Waals surface area contributed by atoms with Crippen LogP contribution in [0.25, 0.3) is 16.6 Å². The predicted octanol–water partition coefficient (Wildman–Crippen LogP) is 1.26. The lowest BCUT2D eigenvalue weighted by Crippen LogP contribution is -2.13. The summed E-state index contributed by atoms with van der Waals surface area (Å²) in [6, 6.07) is 11.9. The van der Waals surface area contributed by atoms with Crippen LogP contribution in [0.4, 0.5) is 5.69 Å². The Morgan fingerprint density at radius 1 is 1.10 bits per heavy atom. The zero-order valence-electron chi connectivity index (χ0n) is 10.4. The van der Waals surface area contributed by atoms with Gasteiger partial charge < -0.3 is 5.73 Å². The highest BCUT2D eigenvalue weighted by Crippen LogP contribution is 2.24. The monoisotopic (exact) mass is 288 g/mol. The molecule has 0 amide bonds. The average molecular weight is 288 g/mol. The average Bonchev–Trinajstić information content (AvgIpc) is 2.82. The minimum Gasteiger partial charge on any atom is -0.397 e. The van der Waals surface area contributed by atoms with Gasteiger partial charge in [0.2, 0.25) is 10.0 Å². The fourth-order valence-corrected chi connectivity index (χ4v) is 2.58. The Hall–Kier alpha value is -2.38. The summed E-state index contributed by atoms with van der Waals surface area (Å²) in [6.07, 6.45) is 1.69. The van der Waals surface area contributed by atoms with Crippen LogP contribution in [0.15, 0.2) is 53.6 Å². The second kappa shape index (κ2) is 4.32. The Balaban J connectivity index is 2.29. The third-order valence-electron chi connectivity index (χ3n) is 3.04. The van der Waals surface area contributed by atoms with Crippen molar-refractivity contribution in [1.82, 2.24) is 9.78 Å². The van der Waals surface area contributed by atoms with Gasteiger partial charge in [0.25, 0.3) is 0 Å². The van der Waals surface area contributed by atoms with Crippen LogP contribution in [0.2, 0.25) is 0 Å². The second-order valence-electron chi connectivity index (χ2n) is 4.38. The van der Waals surface area contributed by atoms with Crippen LogP contribution in [-0.4, -0.2) is 18.2 Å². The number of anilines is 1. The molecule has 0 bridgehead atoms. The molecule has 0 saturated heterocycles. The van der Waals surface area contributed by atoms with Crippen LogP contribution in [0.5, 0.6) is 0 Å². The fourth-order valence-electron chi connectivity index (χ4n) is 2.05. The maximum atomic E-state index is 11.4. The maximum Gasteiger partial charge on any atom is 0.238 e. The van der Waals surface area contributed by atoms with E-state index in [0.717, 1.165) is 10.9 Å². The van der Waals surface area contributed by atoms with Gasteiger partial charge in [-0.1, -0.05) is 18.2 Å². The highest BCUT2D eigenvalue weighted by Gasteiger charge is 2.13. The van der Waals surface area contributed by atoms with Gasteiger partial charge in [-0.3, -0.25) is 0 Å². The van der Waals surface area contributed by atoms with Crippen LogP contribution in [0, 0.1) is 0 Å². The fraction of sp³-hybridized carbons (Fsp3) is 0. The van der Waals surface area contributed by atoms with Gasteiger partial charge in [-0.15, -0.1) is 0 Å². The predicted molar refractivity (Wildman–Crippen MR) is 76.9 cm³/mol. The number of rotatable bonds is 2. The molecule has 0 atom stereocenters. The van der Waals surface area contributed by atoms with E-state index in [4.69, 9.17) is 10.9 Å². The van der Waals surface area contributed by atoms with Crippen molar-refractivity contribution in [3.8, 4) is 5.69 Å². The lowest BCUT2D eigenvalue weighted by Gasteiger charge is -2.09.